The number of hydrogen-bond donors (Lipinski definition) is 3. The molecule has 0 aliphatic heterocycles. The van der Waals surface area contributed by atoms with Gasteiger partial charge in [0.2, 0.25) is 4.77 Å². The van der Waals surface area contributed by atoms with Crippen LogP contribution in [-0.4, -0.2) is 34.5 Å². The molecule has 1 aromatic heterocycles. The Hall–Kier alpha value is -3.04. The van der Waals surface area contributed by atoms with Crippen molar-refractivity contribution < 1.29 is 14.3 Å². The number of halogens is 1. The minimum atomic E-state index is -0.297. The van der Waals surface area contributed by atoms with E-state index >= 15 is 0 Å². The number of carbonyl (C=O) groups is 1. The Labute approximate surface area is 190 Å². The van der Waals surface area contributed by atoms with Crippen molar-refractivity contribution in [3.8, 4) is 11.5 Å². The van der Waals surface area contributed by atoms with Gasteiger partial charge in [-0.1, -0.05) is 36.2 Å². The number of anilines is 1. The molecule has 0 aliphatic carbocycles. The quantitative estimate of drug-likeness (QED) is 0.413. The van der Waals surface area contributed by atoms with Crippen molar-refractivity contribution in [1.29, 1.82) is 0 Å². The lowest BCUT2D eigenvalue weighted by Crippen LogP contribution is -2.20. The molecule has 0 bridgehead atoms. The van der Waals surface area contributed by atoms with E-state index in [-0.39, 0.29) is 12.5 Å². The SMILES string of the molecule is CCc1n[nH]c(=S)n1NCc1cc(Cl)c(OCC(=O)Nc2ccc(C)cc2)c(OC)c1. The molecule has 31 heavy (non-hydrogen) atoms. The Bertz CT molecular complexity index is 1110. The molecule has 3 rings (SSSR count). The predicted molar refractivity (Wildman–Crippen MR) is 123 cm³/mol. The molecular weight excluding hydrogens is 438 g/mol. The van der Waals surface area contributed by atoms with Crippen molar-refractivity contribution in [3.05, 3.63) is 63.1 Å². The van der Waals surface area contributed by atoms with E-state index in [1.54, 1.807) is 16.8 Å². The third kappa shape index (κ3) is 5.77. The van der Waals surface area contributed by atoms with E-state index in [0.29, 0.717) is 33.5 Å². The van der Waals surface area contributed by atoms with Crippen LogP contribution in [0.2, 0.25) is 5.02 Å². The van der Waals surface area contributed by atoms with Crippen LogP contribution in [0.1, 0.15) is 23.9 Å². The summed E-state index contributed by atoms with van der Waals surface area (Å²) < 4.78 is 13.3. The van der Waals surface area contributed by atoms with Crippen molar-refractivity contribution in [1.82, 2.24) is 14.9 Å². The van der Waals surface area contributed by atoms with Crippen molar-refractivity contribution in [2.75, 3.05) is 24.5 Å². The number of nitrogens with zero attached hydrogens (tertiary/aromatic N) is 2. The van der Waals surface area contributed by atoms with Gasteiger partial charge in [-0.15, -0.1) is 0 Å². The van der Waals surface area contributed by atoms with Crippen molar-refractivity contribution >= 4 is 35.4 Å². The van der Waals surface area contributed by atoms with Crippen LogP contribution in [0.15, 0.2) is 36.4 Å². The van der Waals surface area contributed by atoms with E-state index in [9.17, 15) is 4.79 Å². The molecule has 3 N–H and O–H groups in total. The lowest BCUT2D eigenvalue weighted by molar-refractivity contribution is -0.118. The Kier molecular flexibility index (Phi) is 7.54. The van der Waals surface area contributed by atoms with Crippen LogP contribution in [0.5, 0.6) is 11.5 Å². The summed E-state index contributed by atoms with van der Waals surface area (Å²) in [5.74, 6) is 1.23. The Morgan fingerprint density at radius 3 is 2.71 bits per heavy atom. The first-order valence-corrected chi connectivity index (χ1v) is 10.5. The third-order valence-electron chi connectivity index (χ3n) is 4.47. The van der Waals surface area contributed by atoms with Crippen LogP contribution in [0.25, 0.3) is 0 Å². The lowest BCUT2D eigenvalue weighted by atomic mass is 10.2. The van der Waals surface area contributed by atoms with Gasteiger partial charge in [-0.25, -0.2) is 4.68 Å². The molecule has 0 radical (unpaired) electrons. The summed E-state index contributed by atoms with van der Waals surface area (Å²) in [6.45, 7) is 4.20. The highest BCUT2D eigenvalue weighted by Crippen LogP contribution is 2.36. The highest BCUT2D eigenvalue weighted by molar-refractivity contribution is 7.71. The number of aromatic amines is 1. The molecule has 10 heteroatoms. The van der Waals surface area contributed by atoms with Crippen LogP contribution >= 0.6 is 23.8 Å². The summed E-state index contributed by atoms with van der Waals surface area (Å²) in [7, 11) is 1.52. The maximum atomic E-state index is 12.2. The van der Waals surface area contributed by atoms with Gasteiger partial charge in [0.25, 0.3) is 5.91 Å². The molecule has 0 aliphatic rings. The fourth-order valence-corrected chi connectivity index (χ4v) is 3.39. The minimum absolute atomic E-state index is 0.203. The number of H-pyrrole nitrogens is 1. The summed E-state index contributed by atoms with van der Waals surface area (Å²) in [4.78, 5) is 12.2. The highest BCUT2D eigenvalue weighted by atomic mass is 35.5. The standard InChI is InChI=1S/C21H24ClN5O3S/c1-4-18-25-26-21(31)27(18)23-11-14-9-16(22)20(17(10-14)29-3)30-12-19(28)24-15-7-5-13(2)6-8-15/h5-10,23H,4,11-12H2,1-3H3,(H,24,28)(H,26,31). The summed E-state index contributed by atoms with van der Waals surface area (Å²) in [5, 5.41) is 10.0. The average molecular weight is 462 g/mol. The van der Waals surface area contributed by atoms with Gasteiger partial charge in [0, 0.05) is 12.1 Å². The van der Waals surface area contributed by atoms with E-state index in [4.69, 9.17) is 33.3 Å². The number of benzene rings is 2. The zero-order valence-electron chi connectivity index (χ0n) is 17.5. The second-order valence-corrected chi connectivity index (χ2v) is 7.57. The van der Waals surface area contributed by atoms with Crippen LogP contribution in [0.4, 0.5) is 5.69 Å². The first-order chi connectivity index (χ1) is 14.9. The monoisotopic (exact) mass is 461 g/mol. The topological polar surface area (TPSA) is 93.2 Å². The largest absolute Gasteiger partial charge is 0.493 e. The zero-order valence-corrected chi connectivity index (χ0v) is 19.1. The number of carbonyl (C=O) groups excluding carboxylic acids is 1. The molecule has 0 saturated heterocycles. The second kappa shape index (κ2) is 10.3. The van der Waals surface area contributed by atoms with E-state index in [1.165, 1.54) is 7.11 Å². The minimum Gasteiger partial charge on any atom is -0.493 e. The van der Waals surface area contributed by atoms with E-state index in [1.807, 2.05) is 38.1 Å². The number of ether oxygens (including phenoxy) is 2. The van der Waals surface area contributed by atoms with Gasteiger partial charge in [0.05, 0.1) is 18.7 Å². The number of amides is 1. The number of hydrogen-bond acceptors (Lipinski definition) is 6. The van der Waals surface area contributed by atoms with Crippen LogP contribution < -0.4 is 20.2 Å². The van der Waals surface area contributed by atoms with E-state index in [2.05, 4.69) is 20.9 Å². The van der Waals surface area contributed by atoms with Crippen molar-refractivity contribution in [3.63, 3.8) is 0 Å². The summed E-state index contributed by atoms with van der Waals surface area (Å²) in [6, 6.07) is 11.0. The fraction of sp³-hybridized carbons (Fsp3) is 0.286. The second-order valence-electron chi connectivity index (χ2n) is 6.78. The van der Waals surface area contributed by atoms with Gasteiger partial charge >= 0.3 is 0 Å². The number of nitrogens with one attached hydrogen (secondary N) is 3. The van der Waals surface area contributed by atoms with Crippen molar-refractivity contribution in [2.24, 2.45) is 0 Å². The molecule has 0 saturated carbocycles. The third-order valence-corrected chi connectivity index (χ3v) is 5.03. The average Bonchev–Trinajstić information content (AvgIpc) is 3.12. The van der Waals surface area contributed by atoms with E-state index in [0.717, 1.165) is 23.4 Å². The molecule has 0 atom stereocenters. The Balaban J connectivity index is 1.66. The first kappa shape index (κ1) is 22.6. The molecule has 8 nitrogen and oxygen atoms in total. The van der Waals surface area contributed by atoms with Gasteiger partial charge in [-0.05, 0) is 49.0 Å². The van der Waals surface area contributed by atoms with Gasteiger partial charge in [-0.3, -0.25) is 9.89 Å². The van der Waals surface area contributed by atoms with Crippen LogP contribution in [-0.2, 0) is 17.8 Å². The molecule has 1 heterocycles. The summed E-state index contributed by atoms with van der Waals surface area (Å²) in [6.07, 6.45) is 0.724. The molecule has 1 amide bonds. The molecule has 0 spiro atoms. The first-order valence-electron chi connectivity index (χ1n) is 9.67. The smallest absolute Gasteiger partial charge is 0.262 e. The molecule has 0 fully saturated rings. The normalized spacial score (nSPS) is 10.6. The Morgan fingerprint density at radius 2 is 2.03 bits per heavy atom. The van der Waals surface area contributed by atoms with E-state index < -0.39 is 0 Å². The maximum Gasteiger partial charge on any atom is 0.262 e. The molecule has 2 aromatic carbocycles. The lowest BCUT2D eigenvalue weighted by Gasteiger charge is -2.15. The molecule has 0 unspecified atom stereocenters. The molecular formula is C21H24ClN5O3S. The fourth-order valence-electron chi connectivity index (χ4n) is 2.89. The Morgan fingerprint density at radius 1 is 1.29 bits per heavy atom. The van der Waals surface area contributed by atoms with Gasteiger partial charge in [-0.2, -0.15) is 5.10 Å². The number of aromatic nitrogens is 3. The highest BCUT2D eigenvalue weighted by Gasteiger charge is 2.15. The van der Waals surface area contributed by atoms with Crippen LogP contribution in [0.3, 0.4) is 0 Å². The summed E-state index contributed by atoms with van der Waals surface area (Å²) >= 11 is 11.6. The number of rotatable bonds is 9. The summed E-state index contributed by atoms with van der Waals surface area (Å²) in [5.41, 5.74) is 5.87. The van der Waals surface area contributed by atoms with Gasteiger partial charge in [0.1, 0.15) is 0 Å². The van der Waals surface area contributed by atoms with Gasteiger partial charge < -0.3 is 20.2 Å². The van der Waals surface area contributed by atoms with Crippen LogP contribution in [0, 0.1) is 11.7 Å². The molecule has 164 valence electrons. The number of aryl methyl sites for hydroxylation is 2. The number of methoxy groups -OCH3 is 1. The van der Waals surface area contributed by atoms with Crippen molar-refractivity contribution in [2.45, 2.75) is 26.8 Å². The predicted octanol–water partition coefficient (Wildman–Crippen LogP) is 4.23. The zero-order chi connectivity index (χ0) is 22.4. The molecule has 3 aromatic rings. The maximum absolute atomic E-state index is 12.2. The van der Waals surface area contributed by atoms with Gasteiger partial charge in [0.15, 0.2) is 23.9 Å².